The van der Waals surface area contributed by atoms with Gasteiger partial charge in [0.05, 0.1) is 17.0 Å². The highest BCUT2D eigenvalue weighted by Crippen LogP contribution is 2.16. The molecule has 2 heterocycles. The molecular formula is C14H12N4O3S. The Bertz CT molecular complexity index is 848. The van der Waals surface area contributed by atoms with Gasteiger partial charge >= 0.3 is 0 Å². The highest BCUT2D eigenvalue weighted by atomic mass is 32.2. The average Bonchev–Trinajstić information content (AvgIpc) is 3.04. The van der Waals surface area contributed by atoms with Crippen molar-refractivity contribution in [1.82, 2.24) is 19.9 Å². The summed E-state index contributed by atoms with van der Waals surface area (Å²) in [6.07, 6.45) is 3.22. The van der Waals surface area contributed by atoms with E-state index in [1.807, 2.05) is 0 Å². The molecule has 22 heavy (non-hydrogen) atoms. The Morgan fingerprint density at radius 1 is 1.05 bits per heavy atom. The van der Waals surface area contributed by atoms with E-state index in [2.05, 4.69) is 19.9 Å². The molecule has 0 fully saturated rings. The van der Waals surface area contributed by atoms with Crippen molar-refractivity contribution in [2.75, 3.05) is 0 Å². The Morgan fingerprint density at radius 3 is 2.59 bits per heavy atom. The maximum atomic E-state index is 12.1. The molecule has 0 spiro atoms. The lowest BCUT2D eigenvalue weighted by atomic mass is 10.3. The summed E-state index contributed by atoms with van der Waals surface area (Å²) in [6.45, 7) is -0.0789. The molecule has 0 bridgehead atoms. The molecule has 2 aromatic heterocycles. The van der Waals surface area contributed by atoms with E-state index in [9.17, 15) is 8.42 Å². The van der Waals surface area contributed by atoms with Crippen molar-refractivity contribution >= 4 is 10.0 Å². The number of aromatic nitrogens is 3. The maximum Gasteiger partial charge on any atom is 0.249 e. The summed E-state index contributed by atoms with van der Waals surface area (Å²) in [7, 11) is -3.60. The average molecular weight is 316 g/mol. The molecule has 3 rings (SSSR count). The van der Waals surface area contributed by atoms with Gasteiger partial charge in [-0.2, -0.15) is 0 Å². The van der Waals surface area contributed by atoms with Crippen LogP contribution in [-0.4, -0.2) is 23.6 Å². The topological polar surface area (TPSA) is 98.0 Å². The van der Waals surface area contributed by atoms with Crippen LogP contribution in [-0.2, 0) is 16.6 Å². The lowest BCUT2D eigenvalue weighted by molar-refractivity contribution is 0.494. The highest BCUT2D eigenvalue weighted by molar-refractivity contribution is 7.89. The van der Waals surface area contributed by atoms with Gasteiger partial charge in [0.2, 0.25) is 21.8 Å². The van der Waals surface area contributed by atoms with Crippen LogP contribution in [0.5, 0.6) is 0 Å². The van der Waals surface area contributed by atoms with E-state index < -0.39 is 10.0 Å². The van der Waals surface area contributed by atoms with Gasteiger partial charge in [-0.25, -0.2) is 13.1 Å². The third-order valence-corrected chi connectivity index (χ3v) is 4.26. The van der Waals surface area contributed by atoms with Crippen molar-refractivity contribution in [3.05, 3.63) is 60.7 Å². The second-order valence-corrected chi connectivity index (χ2v) is 6.15. The van der Waals surface area contributed by atoms with Crippen LogP contribution >= 0.6 is 0 Å². The highest BCUT2D eigenvalue weighted by Gasteiger charge is 2.15. The molecule has 0 saturated carbocycles. The summed E-state index contributed by atoms with van der Waals surface area (Å²) in [5.41, 5.74) is 0.673. The first-order valence-electron chi connectivity index (χ1n) is 6.43. The third-order valence-electron chi connectivity index (χ3n) is 2.84. The van der Waals surface area contributed by atoms with Crippen molar-refractivity contribution in [3.8, 4) is 11.5 Å². The molecule has 3 aromatic rings. The molecule has 0 aliphatic rings. The van der Waals surface area contributed by atoms with E-state index in [1.54, 1.807) is 42.7 Å². The van der Waals surface area contributed by atoms with Gasteiger partial charge in [-0.05, 0) is 24.3 Å². The van der Waals surface area contributed by atoms with Gasteiger partial charge in [0.25, 0.3) is 0 Å². The molecule has 0 aliphatic heterocycles. The van der Waals surface area contributed by atoms with E-state index in [0.717, 1.165) is 0 Å². The first kappa shape index (κ1) is 14.4. The predicted octanol–water partition coefficient (Wildman–Crippen LogP) is 1.61. The Balaban J connectivity index is 1.72. The monoisotopic (exact) mass is 316 g/mol. The second kappa shape index (κ2) is 6.04. The smallest absolute Gasteiger partial charge is 0.249 e. The predicted molar refractivity (Wildman–Crippen MR) is 78.0 cm³/mol. The van der Waals surface area contributed by atoms with Crippen LogP contribution in [0.4, 0.5) is 0 Å². The van der Waals surface area contributed by atoms with E-state index >= 15 is 0 Å². The molecule has 0 unspecified atom stereocenters. The van der Waals surface area contributed by atoms with Crippen LogP contribution in [0.1, 0.15) is 5.89 Å². The van der Waals surface area contributed by atoms with E-state index in [1.165, 1.54) is 12.1 Å². The number of pyridine rings is 1. The SMILES string of the molecule is O=S(=O)(NCc1nnc(-c2cccnc2)o1)c1ccccc1. The first-order chi connectivity index (χ1) is 10.6. The van der Waals surface area contributed by atoms with Gasteiger partial charge in [-0.3, -0.25) is 4.98 Å². The van der Waals surface area contributed by atoms with E-state index in [4.69, 9.17) is 4.42 Å². The number of hydrogen-bond acceptors (Lipinski definition) is 6. The summed E-state index contributed by atoms with van der Waals surface area (Å²) < 4.78 is 32.0. The van der Waals surface area contributed by atoms with Crippen molar-refractivity contribution in [1.29, 1.82) is 0 Å². The summed E-state index contributed by atoms with van der Waals surface area (Å²) >= 11 is 0. The molecule has 8 heteroatoms. The normalized spacial score (nSPS) is 11.5. The van der Waals surface area contributed by atoms with Crippen LogP contribution in [0.2, 0.25) is 0 Å². The maximum absolute atomic E-state index is 12.1. The zero-order valence-corrected chi connectivity index (χ0v) is 12.2. The Labute approximate surface area is 127 Å². The van der Waals surface area contributed by atoms with Crippen LogP contribution in [0.3, 0.4) is 0 Å². The van der Waals surface area contributed by atoms with Gasteiger partial charge in [0.15, 0.2) is 0 Å². The molecule has 0 aliphatic carbocycles. The molecule has 0 saturated heterocycles. The number of sulfonamides is 1. The van der Waals surface area contributed by atoms with Gasteiger partial charge in [0, 0.05) is 12.4 Å². The Kier molecular flexibility index (Phi) is 3.94. The van der Waals surface area contributed by atoms with Crippen LogP contribution < -0.4 is 4.72 Å². The molecule has 112 valence electrons. The fraction of sp³-hybridized carbons (Fsp3) is 0.0714. The number of nitrogens with zero attached hydrogens (tertiary/aromatic N) is 3. The minimum Gasteiger partial charge on any atom is -0.419 e. The summed E-state index contributed by atoms with van der Waals surface area (Å²) in [5, 5.41) is 7.69. The fourth-order valence-electron chi connectivity index (χ4n) is 1.77. The lowest BCUT2D eigenvalue weighted by Gasteiger charge is -2.03. The molecule has 1 N–H and O–H groups in total. The molecule has 0 amide bonds. The Morgan fingerprint density at radius 2 is 1.86 bits per heavy atom. The van der Waals surface area contributed by atoms with Gasteiger partial charge in [-0.15, -0.1) is 10.2 Å². The van der Waals surface area contributed by atoms with Gasteiger partial charge < -0.3 is 4.42 Å². The molecule has 7 nitrogen and oxygen atoms in total. The Hall–Kier alpha value is -2.58. The van der Waals surface area contributed by atoms with E-state index in [0.29, 0.717) is 11.5 Å². The molecule has 1 aromatic carbocycles. The van der Waals surface area contributed by atoms with Gasteiger partial charge in [-0.1, -0.05) is 18.2 Å². The van der Waals surface area contributed by atoms with Crippen molar-refractivity contribution in [3.63, 3.8) is 0 Å². The van der Waals surface area contributed by atoms with Crippen LogP contribution in [0, 0.1) is 0 Å². The largest absolute Gasteiger partial charge is 0.419 e. The van der Waals surface area contributed by atoms with Crippen molar-refractivity contribution in [2.24, 2.45) is 0 Å². The first-order valence-corrected chi connectivity index (χ1v) is 7.91. The minimum atomic E-state index is -3.60. The lowest BCUT2D eigenvalue weighted by Crippen LogP contribution is -2.23. The quantitative estimate of drug-likeness (QED) is 0.768. The van der Waals surface area contributed by atoms with Gasteiger partial charge in [0.1, 0.15) is 0 Å². The summed E-state index contributed by atoms with van der Waals surface area (Å²) in [6, 6.07) is 11.6. The summed E-state index contributed by atoms with van der Waals surface area (Å²) in [4.78, 5) is 4.14. The number of nitrogens with one attached hydrogen (secondary N) is 1. The van der Waals surface area contributed by atoms with E-state index in [-0.39, 0.29) is 17.3 Å². The minimum absolute atomic E-state index is 0.0789. The standard InChI is InChI=1S/C14H12N4O3S/c19-22(20,12-6-2-1-3-7-12)16-10-13-17-18-14(21-13)11-5-4-8-15-9-11/h1-9,16H,10H2. The third kappa shape index (κ3) is 3.18. The fourth-order valence-corrected chi connectivity index (χ4v) is 2.77. The zero-order valence-electron chi connectivity index (χ0n) is 11.4. The summed E-state index contributed by atoms with van der Waals surface area (Å²) in [5.74, 6) is 0.473. The number of hydrogen-bond donors (Lipinski definition) is 1. The zero-order chi connectivity index (χ0) is 15.4. The number of rotatable bonds is 5. The van der Waals surface area contributed by atoms with Crippen LogP contribution in [0.15, 0.2) is 64.2 Å². The molecule has 0 radical (unpaired) electrons. The molecular weight excluding hydrogens is 304 g/mol. The number of benzene rings is 1. The molecule has 0 atom stereocenters. The van der Waals surface area contributed by atoms with Crippen molar-refractivity contribution < 1.29 is 12.8 Å². The van der Waals surface area contributed by atoms with Crippen molar-refractivity contribution in [2.45, 2.75) is 11.4 Å². The second-order valence-electron chi connectivity index (χ2n) is 4.38. The van der Waals surface area contributed by atoms with Crippen LogP contribution in [0.25, 0.3) is 11.5 Å².